The van der Waals surface area contributed by atoms with Crippen molar-refractivity contribution in [1.29, 1.82) is 0 Å². The Hall–Kier alpha value is -2.10. The number of carbonyl (C=O) groups is 2. The summed E-state index contributed by atoms with van der Waals surface area (Å²) < 4.78 is 0. The van der Waals surface area contributed by atoms with Gasteiger partial charge in [0, 0.05) is 25.7 Å². The van der Waals surface area contributed by atoms with E-state index in [1.807, 2.05) is 30.3 Å². The molecule has 0 aliphatic carbocycles. The highest BCUT2D eigenvalue weighted by molar-refractivity contribution is 5.93. The van der Waals surface area contributed by atoms with E-state index in [2.05, 4.69) is 0 Å². The smallest absolute Gasteiger partial charge is 0.328 e. The van der Waals surface area contributed by atoms with Gasteiger partial charge in [0.15, 0.2) is 0 Å². The summed E-state index contributed by atoms with van der Waals surface area (Å²) in [6, 6.07) is 9.81. The maximum atomic E-state index is 11.4. The third-order valence-electron chi connectivity index (χ3n) is 2.32. The maximum absolute atomic E-state index is 11.4. The number of carboxylic acid groups (broad SMARTS) is 1. The minimum atomic E-state index is -1.12. The molecule has 1 amide bonds. The molecule has 17 heavy (non-hydrogen) atoms. The average Bonchev–Trinajstić information content (AvgIpc) is 2.34. The van der Waals surface area contributed by atoms with Crippen molar-refractivity contribution in [2.45, 2.75) is 6.42 Å². The van der Waals surface area contributed by atoms with Crippen molar-refractivity contribution in [3.05, 3.63) is 48.0 Å². The lowest BCUT2D eigenvalue weighted by Gasteiger charge is -2.14. The quantitative estimate of drug-likeness (QED) is 0.780. The fourth-order valence-corrected chi connectivity index (χ4v) is 1.32. The molecule has 4 heteroatoms. The van der Waals surface area contributed by atoms with Gasteiger partial charge in [0.2, 0.25) is 5.91 Å². The van der Waals surface area contributed by atoms with E-state index in [9.17, 15) is 9.59 Å². The lowest BCUT2D eigenvalue weighted by atomic mass is 10.1. The molecule has 0 heterocycles. The van der Waals surface area contributed by atoms with Crippen LogP contribution in [-0.2, 0) is 16.0 Å². The van der Waals surface area contributed by atoms with E-state index in [1.54, 1.807) is 7.05 Å². The molecule has 0 radical (unpaired) electrons. The molecule has 0 fully saturated rings. The van der Waals surface area contributed by atoms with Gasteiger partial charge in [-0.2, -0.15) is 0 Å². The minimum absolute atomic E-state index is 0.302. The topological polar surface area (TPSA) is 57.6 Å². The number of hydrogen-bond donors (Lipinski definition) is 1. The van der Waals surface area contributed by atoms with Crippen molar-refractivity contribution in [2.75, 3.05) is 13.6 Å². The summed E-state index contributed by atoms with van der Waals surface area (Å²) in [5, 5.41) is 8.39. The van der Waals surface area contributed by atoms with Crippen molar-refractivity contribution in [3.63, 3.8) is 0 Å². The fraction of sp³-hybridized carbons (Fsp3) is 0.231. The first-order chi connectivity index (χ1) is 8.09. The van der Waals surface area contributed by atoms with Crippen molar-refractivity contribution < 1.29 is 14.7 Å². The first kappa shape index (κ1) is 13.0. The van der Waals surface area contributed by atoms with Gasteiger partial charge in [0.1, 0.15) is 0 Å². The van der Waals surface area contributed by atoms with Crippen molar-refractivity contribution >= 4 is 11.9 Å². The molecule has 4 nitrogen and oxygen atoms in total. The predicted octanol–water partition coefficient (Wildman–Crippen LogP) is 1.33. The molecule has 1 N–H and O–H groups in total. The Morgan fingerprint density at radius 1 is 1.24 bits per heavy atom. The average molecular weight is 233 g/mol. The van der Waals surface area contributed by atoms with E-state index in [4.69, 9.17) is 5.11 Å². The van der Waals surface area contributed by atoms with Gasteiger partial charge in [-0.05, 0) is 12.0 Å². The van der Waals surface area contributed by atoms with Crippen LogP contribution in [0.4, 0.5) is 0 Å². The number of likely N-dealkylation sites (N-methyl/N-ethyl adjacent to an activating group) is 1. The Morgan fingerprint density at radius 2 is 1.88 bits per heavy atom. The van der Waals surface area contributed by atoms with E-state index < -0.39 is 5.97 Å². The zero-order chi connectivity index (χ0) is 12.7. The number of hydrogen-bond acceptors (Lipinski definition) is 2. The Bertz CT molecular complexity index is 412. The summed E-state index contributed by atoms with van der Waals surface area (Å²) in [4.78, 5) is 23.2. The van der Waals surface area contributed by atoms with Gasteiger partial charge < -0.3 is 10.0 Å². The Balaban J connectivity index is 2.42. The minimum Gasteiger partial charge on any atom is -0.478 e. The third-order valence-corrected chi connectivity index (χ3v) is 2.32. The van der Waals surface area contributed by atoms with Crippen LogP contribution in [-0.4, -0.2) is 35.5 Å². The number of carboxylic acids is 1. The number of carbonyl (C=O) groups excluding carboxylic acids is 1. The predicted molar refractivity (Wildman–Crippen MR) is 64.6 cm³/mol. The summed E-state index contributed by atoms with van der Waals surface area (Å²) in [5.41, 5.74) is 1.15. The first-order valence-electron chi connectivity index (χ1n) is 5.29. The van der Waals surface area contributed by atoms with Gasteiger partial charge in [-0.15, -0.1) is 0 Å². The molecule has 0 spiro atoms. The van der Waals surface area contributed by atoms with Gasteiger partial charge in [-0.1, -0.05) is 30.3 Å². The molecular formula is C13H15NO3. The number of amides is 1. The van der Waals surface area contributed by atoms with Crippen LogP contribution in [0.5, 0.6) is 0 Å². The van der Waals surface area contributed by atoms with Crippen LogP contribution in [0, 0.1) is 0 Å². The van der Waals surface area contributed by atoms with E-state index in [0.29, 0.717) is 6.54 Å². The molecule has 0 atom stereocenters. The standard InChI is InChI=1S/C13H15NO3/c1-14(12(15)7-8-13(16)17)10-9-11-5-3-2-4-6-11/h2-8H,9-10H2,1H3,(H,16,17). The lowest BCUT2D eigenvalue weighted by Crippen LogP contribution is -2.27. The van der Waals surface area contributed by atoms with Crippen molar-refractivity contribution in [3.8, 4) is 0 Å². The van der Waals surface area contributed by atoms with Gasteiger partial charge in [0.25, 0.3) is 0 Å². The molecule has 1 aromatic carbocycles. The van der Waals surface area contributed by atoms with E-state index >= 15 is 0 Å². The molecule has 90 valence electrons. The van der Waals surface area contributed by atoms with Crippen molar-refractivity contribution in [1.82, 2.24) is 4.90 Å². The Labute approximate surface area is 100 Å². The Morgan fingerprint density at radius 3 is 2.47 bits per heavy atom. The van der Waals surface area contributed by atoms with Crippen LogP contribution < -0.4 is 0 Å². The van der Waals surface area contributed by atoms with Gasteiger partial charge in [-0.3, -0.25) is 4.79 Å². The second-order valence-electron chi connectivity index (χ2n) is 3.67. The molecular weight excluding hydrogens is 218 g/mol. The lowest BCUT2D eigenvalue weighted by molar-refractivity contribution is -0.132. The van der Waals surface area contributed by atoms with Crippen LogP contribution in [0.2, 0.25) is 0 Å². The summed E-state index contributed by atoms with van der Waals surface area (Å²) in [6.45, 7) is 0.562. The zero-order valence-corrected chi connectivity index (χ0v) is 9.67. The largest absolute Gasteiger partial charge is 0.478 e. The number of rotatable bonds is 5. The second-order valence-corrected chi connectivity index (χ2v) is 3.67. The van der Waals surface area contributed by atoms with Gasteiger partial charge in [0.05, 0.1) is 0 Å². The number of nitrogens with zero attached hydrogens (tertiary/aromatic N) is 1. The van der Waals surface area contributed by atoms with Crippen LogP contribution in [0.3, 0.4) is 0 Å². The van der Waals surface area contributed by atoms with Crippen molar-refractivity contribution in [2.24, 2.45) is 0 Å². The zero-order valence-electron chi connectivity index (χ0n) is 9.67. The molecule has 1 aromatic rings. The van der Waals surface area contributed by atoms with Crippen LogP contribution in [0.1, 0.15) is 5.56 Å². The van der Waals surface area contributed by atoms with Gasteiger partial charge >= 0.3 is 5.97 Å². The molecule has 1 rings (SSSR count). The second kappa shape index (κ2) is 6.48. The third kappa shape index (κ3) is 4.97. The monoisotopic (exact) mass is 233 g/mol. The fourth-order valence-electron chi connectivity index (χ4n) is 1.32. The molecule has 0 aliphatic rings. The highest BCUT2D eigenvalue weighted by Crippen LogP contribution is 2.00. The molecule has 0 aliphatic heterocycles. The van der Waals surface area contributed by atoms with E-state index in [1.165, 1.54) is 4.90 Å². The van der Waals surface area contributed by atoms with Gasteiger partial charge in [-0.25, -0.2) is 4.79 Å². The first-order valence-corrected chi connectivity index (χ1v) is 5.29. The van der Waals surface area contributed by atoms with E-state index in [-0.39, 0.29) is 5.91 Å². The highest BCUT2D eigenvalue weighted by Gasteiger charge is 2.05. The molecule has 0 saturated heterocycles. The summed E-state index contributed by atoms with van der Waals surface area (Å²) >= 11 is 0. The summed E-state index contributed by atoms with van der Waals surface area (Å²) in [6.07, 6.45) is 2.67. The van der Waals surface area contributed by atoms with Crippen LogP contribution in [0.25, 0.3) is 0 Å². The van der Waals surface area contributed by atoms with Crippen LogP contribution in [0.15, 0.2) is 42.5 Å². The van der Waals surface area contributed by atoms with E-state index in [0.717, 1.165) is 24.1 Å². The summed E-state index contributed by atoms with van der Waals surface area (Å²) in [7, 11) is 1.65. The molecule has 0 saturated carbocycles. The SMILES string of the molecule is CN(CCc1ccccc1)C(=O)C=CC(=O)O. The summed E-state index contributed by atoms with van der Waals surface area (Å²) in [5.74, 6) is -1.42. The highest BCUT2D eigenvalue weighted by atomic mass is 16.4. The number of benzene rings is 1. The number of aliphatic carboxylic acids is 1. The maximum Gasteiger partial charge on any atom is 0.328 e. The molecule has 0 aromatic heterocycles. The Kier molecular flexibility index (Phi) is 4.94. The normalized spacial score (nSPS) is 10.4. The van der Waals surface area contributed by atoms with Crippen LogP contribution >= 0.6 is 0 Å². The molecule has 0 bridgehead atoms. The molecule has 0 unspecified atom stereocenters.